The van der Waals surface area contributed by atoms with Gasteiger partial charge in [-0.15, -0.1) is 0 Å². The lowest BCUT2D eigenvalue weighted by Crippen LogP contribution is -2.32. The second kappa shape index (κ2) is 10.1. The molecule has 34 heavy (non-hydrogen) atoms. The van der Waals surface area contributed by atoms with Crippen LogP contribution in [0.1, 0.15) is 12.5 Å². The van der Waals surface area contributed by atoms with Crippen molar-refractivity contribution in [3.05, 3.63) is 98.3 Å². The minimum absolute atomic E-state index is 0.0199. The van der Waals surface area contributed by atoms with E-state index < -0.39 is 0 Å². The number of hydrogen-bond donors (Lipinski definition) is 0. The van der Waals surface area contributed by atoms with Crippen LogP contribution >= 0.6 is 46.7 Å². The number of fused-ring (bicyclic) bond motifs is 1. The van der Waals surface area contributed by atoms with Crippen LogP contribution in [0.3, 0.4) is 0 Å². The molecule has 0 aliphatic carbocycles. The molecule has 4 nitrogen and oxygen atoms in total. The highest BCUT2D eigenvalue weighted by molar-refractivity contribution is 8.19. The van der Waals surface area contributed by atoms with Crippen LogP contribution < -0.4 is 4.90 Å². The summed E-state index contributed by atoms with van der Waals surface area (Å²) in [6, 6.07) is 23.4. The van der Waals surface area contributed by atoms with Gasteiger partial charge in [0.2, 0.25) is 0 Å². The SMILES string of the molecule is CCN1C(=C2SC(=Nc3ccc(Cl)cc3)N(CCc3ccccc3)C2=O)Sc2ccc(Cl)cc21. The van der Waals surface area contributed by atoms with E-state index in [2.05, 4.69) is 24.0 Å². The molecule has 0 unspecified atom stereocenters. The topological polar surface area (TPSA) is 35.9 Å². The van der Waals surface area contributed by atoms with Crippen molar-refractivity contribution < 1.29 is 4.79 Å². The molecular formula is C26H21Cl2N3OS2. The monoisotopic (exact) mass is 525 g/mol. The minimum Gasteiger partial charge on any atom is -0.334 e. The van der Waals surface area contributed by atoms with Crippen LogP contribution in [-0.4, -0.2) is 29.1 Å². The van der Waals surface area contributed by atoms with Gasteiger partial charge in [0, 0.05) is 28.0 Å². The van der Waals surface area contributed by atoms with E-state index in [0.717, 1.165) is 34.3 Å². The molecule has 8 heteroatoms. The maximum Gasteiger partial charge on any atom is 0.269 e. The maximum absolute atomic E-state index is 13.7. The molecule has 172 valence electrons. The van der Waals surface area contributed by atoms with Gasteiger partial charge in [-0.2, -0.15) is 0 Å². The number of aliphatic imine (C=N–C) groups is 1. The third-order valence-electron chi connectivity index (χ3n) is 5.56. The fourth-order valence-electron chi connectivity index (χ4n) is 3.87. The van der Waals surface area contributed by atoms with Crippen LogP contribution in [-0.2, 0) is 11.2 Å². The Morgan fingerprint density at radius 3 is 2.35 bits per heavy atom. The fourth-order valence-corrected chi connectivity index (χ4v) is 6.56. The van der Waals surface area contributed by atoms with E-state index in [0.29, 0.717) is 26.7 Å². The van der Waals surface area contributed by atoms with Crippen molar-refractivity contribution in [3.63, 3.8) is 0 Å². The molecule has 3 aromatic carbocycles. The number of benzene rings is 3. The first kappa shape index (κ1) is 23.4. The highest BCUT2D eigenvalue weighted by Crippen LogP contribution is 2.51. The third-order valence-corrected chi connectivity index (χ3v) is 8.42. The fraction of sp³-hybridized carbons (Fsp3) is 0.154. The van der Waals surface area contributed by atoms with Crippen LogP contribution in [0, 0.1) is 0 Å². The van der Waals surface area contributed by atoms with Crippen molar-refractivity contribution in [2.24, 2.45) is 4.99 Å². The van der Waals surface area contributed by atoms with E-state index in [9.17, 15) is 4.79 Å². The Bertz CT molecular complexity index is 1290. The normalized spacial score (nSPS) is 18.8. The molecule has 0 bridgehead atoms. The van der Waals surface area contributed by atoms with Crippen LogP contribution in [0.2, 0.25) is 10.0 Å². The van der Waals surface area contributed by atoms with E-state index in [1.807, 2.05) is 60.7 Å². The van der Waals surface area contributed by atoms with Crippen molar-refractivity contribution in [2.75, 3.05) is 18.0 Å². The molecule has 0 radical (unpaired) electrons. The summed E-state index contributed by atoms with van der Waals surface area (Å²) in [7, 11) is 0. The van der Waals surface area contributed by atoms with Gasteiger partial charge in [0.1, 0.15) is 9.93 Å². The van der Waals surface area contributed by atoms with Gasteiger partial charge < -0.3 is 4.90 Å². The Kier molecular flexibility index (Phi) is 6.93. The summed E-state index contributed by atoms with van der Waals surface area (Å²) in [4.78, 5) is 24.3. The summed E-state index contributed by atoms with van der Waals surface area (Å²) in [5, 5.41) is 2.95. The summed E-state index contributed by atoms with van der Waals surface area (Å²) in [6.07, 6.45) is 0.746. The zero-order valence-corrected chi connectivity index (χ0v) is 21.5. The van der Waals surface area contributed by atoms with E-state index in [-0.39, 0.29) is 5.91 Å². The molecule has 0 saturated carbocycles. The quantitative estimate of drug-likeness (QED) is 0.321. The van der Waals surface area contributed by atoms with Crippen molar-refractivity contribution in [2.45, 2.75) is 18.2 Å². The average molecular weight is 527 g/mol. The van der Waals surface area contributed by atoms with Gasteiger partial charge in [-0.1, -0.05) is 65.3 Å². The molecule has 5 rings (SSSR count). The van der Waals surface area contributed by atoms with E-state index >= 15 is 0 Å². The van der Waals surface area contributed by atoms with Gasteiger partial charge in [0.15, 0.2) is 5.17 Å². The minimum atomic E-state index is -0.0199. The Labute approximate surface area is 217 Å². The Hall–Kier alpha value is -2.38. The molecule has 0 aromatic heterocycles. The number of amides is 1. The van der Waals surface area contributed by atoms with Gasteiger partial charge in [0.25, 0.3) is 5.91 Å². The van der Waals surface area contributed by atoms with E-state index in [1.54, 1.807) is 16.7 Å². The number of thioether (sulfide) groups is 2. The van der Waals surface area contributed by atoms with E-state index in [1.165, 1.54) is 17.3 Å². The highest BCUT2D eigenvalue weighted by atomic mass is 35.5. The first-order valence-electron chi connectivity index (χ1n) is 10.9. The Balaban J connectivity index is 1.52. The number of amidine groups is 1. The molecular weight excluding hydrogens is 505 g/mol. The molecule has 0 N–H and O–H groups in total. The second-order valence-corrected chi connectivity index (χ2v) is 10.6. The summed E-state index contributed by atoms with van der Waals surface area (Å²) in [6.45, 7) is 3.37. The highest BCUT2D eigenvalue weighted by Gasteiger charge is 2.39. The van der Waals surface area contributed by atoms with Crippen molar-refractivity contribution in [1.29, 1.82) is 0 Å². The molecule has 0 spiro atoms. The second-order valence-electron chi connectivity index (χ2n) is 7.76. The average Bonchev–Trinajstić information content (AvgIpc) is 3.36. The molecule has 1 amide bonds. The van der Waals surface area contributed by atoms with Gasteiger partial charge in [-0.25, -0.2) is 4.99 Å². The predicted octanol–water partition coefficient (Wildman–Crippen LogP) is 7.60. The van der Waals surface area contributed by atoms with Gasteiger partial charge >= 0.3 is 0 Å². The molecule has 1 saturated heterocycles. The first-order valence-corrected chi connectivity index (χ1v) is 13.3. The zero-order chi connectivity index (χ0) is 23.7. The number of hydrogen-bond acceptors (Lipinski definition) is 5. The molecule has 3 aromatic rings. The lowest BCUT2D eigenvalue weighted by Gasteiger charge is -2.19. The van der Waals surface area contributed by atoms with Crippen molar-refractivity contribution in [1.82, 2.24) is 4.90 Å². The summed E-state index contributed by atoms with van der Waals surface area (Å²) in [5.74, 6) is -0.0199. The molecule has 2 heterocycles. The van der Waals surface area contributed by atoms with Crippen molar-refractivity contribution in [3.8, 4) is 0 Å². The predicted molar refractivity (Wildman–Crippen MR) is 145 cm³/mol. The lowest BCUT2D eigenvalue weighted by molar-refractivity contribution is -0.122. The Morgan fingerprint density at radius 1 is 0.882 bits per heavy atom. The van der Waals surface area contributed by atoms with Gasteiger partial charge in [0.05, 0.1) is 11.4 Å². The molecule has 2 aliphatic heterocycles. The smallest absolute Gasteiger partial charge is 0.269 e. The largest absolute Gasteiger partial charge is 0.334 e. The number of nitrogens with zero attached hydrogens (tertiary/aromatic N) is 3. The number of carbonyl (C=O) groups excluding carboxylic acids is 1. The summed E-state index contributed by atoms with van der Waals surface area (Å²) < 4.78 is 0. The zero-order valence-electron chi connectivity index (χ0n) is 18.4. The standard InChI is InChI=1S/C26H21Cl2N3OS2/c1-2-30-21-16-19(28)10-13-22(21)33-25(30)23-24(32)31(15-14-17-6-4-3-5-7-17)26(34-23)29-20-11-8-18(27)9-12-20/h3-13,16H,2,14-15H2,1H3. The Morgan fingerprint density at radius 2 is 1.62 bits per heavy atom. The summed E-state index contributed by atoms with van der Waals surface area (Å²) in [5.41, 5.74) is 2.98. The van der Waals surface area contributed by atoms with E-state index in [4.69, 9.17) is 28.2 Å². The summed E-state index contributed by atoms with van der Waals surface area (Å²) >= 11 is 15.4. The van der Waals surface area contributed by atoms with Crippen LogP contribution in [0.15, 0.2) is 92.6 Å². The van der Waals surface area contributed by atoms with Gasteiger partial charge in [-0.05, 0) is 73.1 Å². The maximum atomic E-state index is 13.7. The van der Waals surface area contributed by atoms with Crippen molar-refractivity contribution >= 4 is 69.2 Å². The first-order chi connectivity index (χ1) is 16.5. The number of rotatable bonds is 5. The molecule has 1 fully saturated rings. The van der Waals surface area contributed by atoms with Crippen LogP contribution in [0.4, 0.5) is 11.4 Å². The molecule has 0 atom stereocenters. The number of anilines is 1. The molecule has 2 aliphatic rings. The van der Waals surface area contributed by atoms with Crippen LogP contribution in [0.25, 0.3) is 0 Å². The van der Waals surface area contributed by atoms with Gasteiger partial charge in [-0.3, -0.25) is 9.69 Å². The number of carbonyl (C=O) groups is 1. The third kappa shape index (κ3) is 4.73. The lowest BCUT2D eigenvalue weighted by atomic mass is 10.1. The number of halogens is 2. The van der Waals surface area contributed by atoms with Crippen LogP contribution in [0.5, 0.6) is 0 Å².